The molecule has 7 atom stereocenters. The second kappa shape index (κ2) is 10.6. The van der Waals surface area contributed by atoms with Crippen LogP contribution in [-0.4, -0.2) is 92.2 Å². The van der Waals surface area contributed by atoms with Crippen LogP contribution in [0.5, 0.6) is 0 Å². The van der Waals surface area contributed by atoms with Crippen LogP contribution in [0.3, 0.4) is 0 Å². The van der Waals surface area contributed by atoms with Gasteiger partial charge in [0.25, 0.3) is 17.8 Å². The minimum atomic E-state index is -6.38. The summed E-state index contributed by atoms with van der Waals surface area (Å²) in [4.78, 5) is -0.659. The number of alkyl halides is 17. The smallest absolute Gasteiger partial charge is 0.373 e. The van der Waals surface area contributed by atoms with E-state index in [4.69, 9.17) is 0 Å². The van der Waals surface area contributed by atoms with Crippen LogP contribution in [0.15, 0.2) is 0 Å². The number of hydrogen-bond donors (Lipinski definition) is 0. The number of nitrogens with zero attached hydrogens (tertiary/aromatic N) is 1. The van der Waals surface area contributed by atoms with E-state index >= 15 is 8.78 Å². The van der Waals surface area contributed by atoms with E-state index in [1.165, 1.54) is 0 Å². The molecule has 2 aliphatic rings. The summed E-state index contributed by atoms with van der Waals surface area (Å²) in [5, 5.41) is 0. The topological polar surface area (TPSA) is 21.7 Å². The van der Waals surface area contributed by atoms with Crippen molar-refractivity contribution in [1.29, 1.82) is 0 Å². The minimum absolute atomic E-state index is 0.659. The van der Waals surface area contributed by atoms with Gasteiger partial charge in [-0.15, -0.1) is 0 Å². The van der Waals surface area contributed by atoms with Crippen molar-refractivity contribution >= 4 is 0 Å². The molecule has 3 nitrogen and oxygen atoms in total. The molecule has 0 saturated carbocycles. The highest BCUT2D eigenvalue weighted by molar-refractivity contribution is 5.04. The fourth-order valence-corrected chi connectivity index (χ4v) is 4.08. The van der Waals surface area contributed by atoms with E-state index < -0.39 is 117 Å². The molecule has 0 spiro atoms. The first-order valence-electron chi connectivity index (χ1n) is 10.4. The van der Waals surface area contributed by atoms with Gasteiger partial charge < -0.3 is 9.47 Å². The van der Waals surface area contributed by atoms with Gasteiger partial charge in [-0.25, -0.2) is 22.0 Å². The van der Waals surface area contributed by atoms with Gasteiger partial charge in [0.2, 0.25) is 0 Å². The fraction of sp³-hybridized carbons (Fsp3) is 1.00. The zero-order valence-electron chi connectivity index (χ0n) is 18.4. The molecule has 2 heterocycles. The Morgan fingerprint density at radius 2 is 1.16 bits per heavy atom. The highest BCUT2D eigenvalue weighted by Crippen LogP contribution is 2.48. The number of rotatable bonds is 6. The van der Waals surface area contributed by atoms with Gasteiger partial charge in [-0.3, -0.25) is 4.90 Å². The lowest BCUT2D eigenvalue weighted by Gasteiger charge is -2.47. The Bertz CT molecular complexity index is 764. The Balaban J connectivity index is 2.26. The van der Waals surface area contributed by atoms with Gasteiger partial charge in [0.15, 0.2) is 6.30 Å². The van der Waals surface area contributed by atoms with Crippen LogP contribution in [-0.2, 0) is 9.47 Å². The van der Waals surface area contributed by atoms with Crippen molar-refractivity contribution < 1.29 is 84.1 Å². The average Bonchev–Trinajstić information content (AvgIpc) is 2.74. The van der Waals surface area contributed by atoms with Gasteiger partial charge in [-0.05, 0) is 6.42 Å². The lowest BCUT2D eigenvalue weighted by atomic mass is 9.86. The molecule has 0 radical (unpaired) electrons. The van der Waals surface area contributed by atoms with E-state index in [9.17, 15) is 65.9 Å². The molecule has 0 N–H and O–H groups in total. The number of ether oxygens (including phenoxy) is 2. The van der Waals surface area contributed by atoms with Gasteiger partial charge in [0, 0.05) is 19.5 Å². The van der Waals surface area contributed by atoms with E-state index in [0.29, 0.717) is 0 Å². The van der Waals surface area contributed by atoms with Gasteiger partial charge in [0.05, 0.1) is 31.2 Å². The Hall–Kier alpha value is -1.31. The van der Waals surface area contributed by atoms with Crippen molar-refractivity contribution in [2.45, 2.75) is 73.8 Å². The average molecular weight is 603 g/mol. The molecule has 0 aromatic heterocycles. The second-order valence-corrected chi connectivity index (χ2v) is 8.91. The SMILES string of the molecule is FC(C(F)(F)F)C(F)(F)CC1COC(C(F)(C(F)N2CC(C(F)(F)F)CC(C(F)(F)F)C2)C(F)(F)F)CO1. The van der Waals surface area contributed by atoms with Gasteiger partial charge in [0.1, 0.15) is 6.10 Å². The maximum atomic E-state index is 15.3. The fourth-order valence-electron chi connectivity index (χ4n) is 4.08. The van der Waals surface area contributed by atoms with E-state index in [1.54, 1.807) is 0 Å². The number of hydrogen-bond acceptors (Lipinski definition) is 3. The van der Waals surface area contributed by atoms with Crippen LogP contribution in [0.25, 0.3) is 0 Å². The summed E-state index contributed by atoms with van der Waals surface area (Å²) in [5.41, 5.74) is -5.38. The molecule has 2 fully saturated rings. The third-order valence-corrected chi connectivity index (χ3v) is 6.10. The highest BCUT2D eigenvalue weighted by atomic mass is 19.4. The van der Waals surface area contributed by atoms with Crippen LogP contribution < -0.4 is 0 Å². The monoisotopic (exact) mass is 603 g/mol. The Morgan fingerprint density at radius 1 is 0.684 bits per heavy atom. The van der Waals surface area contributed by atoms with E-state index in [2.05, 4.69) is 9.47 Å². The summed E-state index contributed by atoms with van der Waals surface area (Å²) < 4.78 is 235. The summed E-state index contributed by atoms with van der Waals surface area (Å²) in [6.07, 6.45) is -41.5. The summed E-state index contributed by atoms with van der Waals surface area (Å²) in [6, 6.07) is 0. The summed E-state index contributed by atoms with van der Waals surface area (Å²) in [5.74, 6) is -11.2. The van der Waals surface area contributed by atoms with E-state index in [0.717, 1.165) is 0 Å². The maximum Gasteiger partial charge on any atom is 0.429 e. The molecule has 0 aliphatic carbocycles. The van der Waals surface area contributed by atoms with Crippen LogP contribution in [0, 0.1) is 11.8 Å². The van der Waals surface area contributed by atoms with E-state index in [1.807, 2.05) is 0 Å². The van der Waals surface area contributed by atoms with Gasteiger partial charge in [-0.1, -0.05) is 0 Å². The molecule has 2 saturated heterocycles. The molecule has 0 aromatic rings. The number of likely N-dealkylation sites (tertiary alicyclic amines) is 1. The number of halogens is 17. The van der Waals surface area contributed by atoms with Crippen LogP contribution in [0.4, 0.5) is 74.6 Å². The first kappa shape index (κ1) is 32.9. The van der Waals surface area contributed by atoms with Crippen molar-refractivity contribution in [3.63, 3.8) is 0 Å². The Morgan fingerprint density at radius 3 is 1.50 bits per heavy atom. The van der Waals surface area contributed by atoms with E-state index in [-0.39, 0.29) is 0 Å². The van der Waals surface area contributed by atoms with Crippen molar-refractivity contribution in [2.75, 3.05) is 26.3 Å². The lowest BCUT2D eigenvalue weighted by molar-refractivity contribution is -0.330. The second-order valence-electron chi connectivity index (χ2n) is 8.91. The third-order valence-electron chi connectivity index (χ3n) is 6.10. The summed E-state index contributed by atoms with van der Waals surface area (Å²) >= 11 is 0. The summed E-state index contributed by atoms with van der Waals surface area (Å²) in [6.45, 7) is -7.01. The molecule has 0 amide bonds. The maximum absolute atomic E-state index is 15.3. The first-order valence-corrected chi connectivity index (χ1v) is 10.4. The molecule has 7 unspecified atom stereocenters. The van der Waals surface area contributed by atoms with Crippen molar-refractivity contribution in [3.8, 4) is 0 Å². The molecular weight excluding hydrogens is 585 g/mol. The highest BCUT2D eigenvalue weighted by Gasteiger charge is 2.70. The first-order chi connectivity index (χ1) is 16.8. The van der Waals surface area contributed by atoms with Crippen molar-refractivity contribution in [1.82, 2.24) is 4.90 Å². The quantitative estimate of drug-likeness (QED) is 0.262. The predicted octanol–water partition coefficient (Wildman–Crippen LogP) is 6.33. The van der Waals surface area contributed by atoms with Gasteiger partial charge in [-0.2, -0.15) is 52.7 Å². The van der Waals surface area contributed by atoms with Crippen LogP contribution in [0.1, 0.15) is 12.8 Å². The molecule has 2 rings (SSSR count). The van der Waals surface area contributed by atoms with Crippen molar-refractivity contribution in [3.05, 3.63) is 0 Å². The summed E-state index contributed by atoms with van der Waals surface area (Å²) in [7, 11) is 0. The zero-order valence-corrected chi connectivity index (χ0v) is 18.4. The minimum Gasteiger partial charge on any atom is -0.373 e. The zero-order chi connectivity index (χ0) is 29.7. The third kappa shape index (κ3) is 7.06. The molecule has 226 valence electrons. The predicted molar refractivity (Wildman–Crippen MR) is 90.1 cm³/mol. The van der Waals surface area contributed by atoms with Crippen LogP contribution >= 0.6 is 0 Å². The molecule has 20 heteroatoms. The Labute approximate surface area is 202 Å². The molecule has 38 heavy (non-hydrogen) atoms. The lowest BCUT2D eigenvalue weighted by Crippen LogP contribution is -2.67. The molecule has 0 aromatic carbocycles. The Kier molecular flexibility index (Phi) is 9.17. The van der Waals surface area contributed by atoms with Crippen LogP contribution in [0.2, 0.25) is 0 Å². The van der Waals surface area contributed by atoms with Crippen molar-refractivity contribution in [2.24, 2.45) is 11.8 Å². The normalized spacial score (nSPS) is 30.6. The molecular formula is C18H18F17NO2. The molecule has 0 bridgehead atoms. The van der Waals surface area contributed by atoms with Gasteiger partial charge >= 0.3 is 24.7 Å². The molecule has 2 aliphatic heterocycles. The number of piperidine rings is 1. The standard InChI is InChI=1S/C18H18F17NO2/c19-11(17(30,31)32)13(21,22)2-9-5-38-10(6-37-9)14(23,18(33,34)35)12(20)36-3-7(15(24,25)26)1-8(4-36)16(27,28)29/h7-12H,1-6H2. The largest absolute Gasteiger partial charge is 0.429 e.